The molecule has 0 saturated carbocycles. The number of carbonyl (C=O) groups is 2. The van der Waals surface area contributed by atoms with Gasteiger partial charge in [-0.3, -0.25) is 14.5 Å². The van der Waals surface area contributed by atoms with Crippen molar-refractivity contribution in [1.29, 1.82) is 0 Å². The van der Waals surface area contributed by atoms with Crippen molar-refractivity contribution in [3.8, 4) is 0 Å². The summed E-state index contributed by atoms with van der Waals surface area (Å²) in [5.41, 5.74) is 3.69. The summed E-state index contributed by atoms with van der Waals surface area (Å²) in [4.78, 5) is 30.2. The van der Waals surface area contributed by atoms with Crippen LogP contribution < -0.4 is 5.32 Å². The Morgan fingerprint density at radius 2 is 1.90 bits per heavy atom. The Balaban J connectivity index is 1.51. The largest absolute Gasteiger partial charge is 0.345 e. The van der Waals surface area contributed by atoms with Crippen molar-refractivity contribution >= 4 is 28.8 Å². The Morgan fingerprint density at radius 1 is 1.10 bits per heavy atom. The average molecular weight is 420 g/mol. The zero-order valence-corrected chi connectivity index (χ0v) is 18.0. The predicted octanol–water partition coefficient (Wildman–Crippen LogP) is 4.04. The second-order valence-electron chi connectivity index (χ2n) is 7.66. The summed E-state index contributed by atoms with van der Waals surface area (Å²) in [5.74, 6) is -0.166. The molecule has 154 valence electrons. The molecular formula is C24H25N3O2S. The van der Waals surface area contributed by atoms with Crippen molar-refractivity contribution in [3.63, 3.8) is 0 Å². The SMILES string of the molecule is CN(C)C(=O)c1cccc(NC(=O)CN2CCc3sccc3[C@H]2c2ccccc2)c1. The Bertz CT molecular complexity index is 1050. The number of carbonyl (C=O) groups excluding carboxylic acids is 2. The van der Waals surface area contributed by atoms with Crippen LogP contribution in [0.3, 0.4) is 0 Å². The number of amides is 2. The standard InChI is InChI=1S/C24H25N3O2S/c1-26(2)24(29)18-9-6-10-19(15-18)25-22(28)16-27-13-11-21-20(12-14-30-21)23(27)17-7-4-3-5-8-17/h3-10,12,14-15,23H,11,13,16H2,1-2H3,(H,25,28)/t23-/m1/s1. The molecule has 0 radical (unpaired) electrons. The van der Waals surface area contributed by atoms with Gasteiger partial charge < -0.3 is 10.2 Å². The van der Waals surface area contributed by atoms with E-state index >= 15 is 0 Å². The molecule has 1 atom stereocenters. The first-order valence-corrected chi connectivity index (χ1v) is 10.9. The molecule has 2 heterocycles. The highest BCUT2D eigenvalue weighted by atomic mass is 32.1. The van der Waals surface area contributed by atoms with Gasteiger partial charge in [-0.15, -0.1) is 11.3 Å². The van der Waals surface area contributed by atoms with Crippen molar-refractivity contribution in [3.05, 3.63) is 87.6 Å². The second-order valence-corrected chi connectivity index (χ2v) is 8.66. The zero-order chi connectivity index (χ0) is 21.1. The summed E-state index contributed by atoms with van der Waals surface area (Å²) in [6.45, 7) is 1.13. The zero-order valence-electron chi connectivity index (χ0n) is 17.2. The molecule has 6 heteroatoms. The topological polar surface area (TPSA) is 52.7 Å². The first-order valence-electron chi connectivity index (χ1n) is 10.00. The Kier molecular flexibility index (Phi) is 5.97. The molecule has 30 heavy (non-hydrogen) atoms. The fraction of sp³-hybridized carbons (Fsp3) is 0.250. The molecule has 0 bridgehead atoms. The normalized spacial score (nSPS) is 16.0. The average Bonchev–Trinajstić information content (AvgIpc) is 3.22. The number of hydrogen-bond acceptors (Lipinski definition) is 4. The van der Waals surface area contributed by atoms with Crippen LogP contribution in [0.2, 0.25) is 0 Å². The van der Waals surface area contributed by atoms with Crippen molar-refractivity contribution < 1.29 is 9.59 Å². The summed E-state index contributed by atoms with van der Waals surface area (Å²) in [6.07, 6.45) is 0.955. The van der Waals surface area contributed by atoms with Crippen LogP contribution in [0, 0.1) is 0 Å². The molecule has 0 unspecified atom stereocenters. The second kappa shape index (κ2) is 8.81. The van der Waals surface area contributed by atoms with E-state index in [9.17, 15) is 9.59 Å². The quantitative estimate of drug-likeness (QED) is 0.679. The van der Waals surface area contributed by atoms with Gasteiger partial charge in [0.25, 0.3) is 5.91 Å². The van der Waals surface area contributed by atoms with Gasteiger partial charge in [0.1, 0.15) is 0 Å². The molecule has 0 saturated heterocycles. The van der Waals surface area contributed by atoms with Gasteiger partial charge in [-0.2, -0.15) is 0 Å². The minimum Gasteiger partial charge on any atom is -0.345 e. The third-order valence-corrected chi connectivity index (χ3v) is 6.32. The molecule has 1 aromatic heterocycles. The van der Waals surface area contributed by atoms with E-state index in [1.807, 2.05) is 24.3 Å². The maximum Gasteiger partial charge on any atom is 0.253 e. The summed E-state index contributed by atoms with van der Waals surface area (Å²) in [7, 11) is 3.43. The summed E-state index contributed by atoms with van der Waals surface area (Å²) in [5, 5.41) is 5.10. The maximum absolute atomic E-state index is 12.9. The summed E-state index contributed by atoms with van der Waals surface area (Å²) < 4.78 is 0. The van der Waals surface area contributed by atoms with E-state index < -0.39 is 0 Å². The molecule has 0 fully saturated rings. The fourth-order valence-corrected chi connectivity index (χ4v) is 4.84. The third-order valence-electron chi connectivity index (χ3n) is 5.33. The fourth-order valence-electron chi connectivity index (χ4n) is 3.94. The van der Waals surface area contributed by atoms with Gasteiger partial charge >= 0.3 is 0 Å². The van der Waals surface area contributed by atoms with Crippen LogP contribution in [0.4, 0.5) is 5.69 Å². The van der Waals surface area contributed by atoms with Crippen LogP contribution in [0.25, 0.3) is 0 Å². The smallest absolute Gasteiger partial charge is 0.253 e. The highest BCUT2D eigenvalue weighted by Crippen LogP contribution is 2.37. The molecule has 5 nitrogen and oxygen atoms in total. The number of benzene rings is 2. The van der Waals surface area contributed by atoms with E-state index in [0.29, 0.717) is 17.8 Å². The molecule has 2 amide bonds. The molecule has 1 N–H and O–H groups in total. The van der Waals surface area contributed by atoms with Gasteiger partial charge in [0.15, 0.2) is 0 Å². The van der Waals surface area contributed by atoms with Crippen molar-refractivity contribution in [1.82, 2.24) is 9.80 Å². The number of anilines is 1. The summed E-state index contributed by atoms with van der Waals surface area (Å²) >= 11 is 1.79. The Hall–Kier alpha value is -2.96. The first kappa shape index (κ1) is 20.3. The van der Waals surface area contributed by atoms with Crippen molar-refractivity contribution in [2.24, 2.45) is 0 Å². The Labute approximate surface area is 180 Å². The monoisotopic (exact) mass is 419 g/mol. The lowest BCUT2D eigenvalue weighted by molar-refractivity contribution is -0.117. The first-order chi connectivity index (χ1) is 14.5. The van der Waals surface area contributed by atoms with E-state index in [4.69, 9.17) is 0 Å². The highest BCUT2D eigenvalue weighted by molar-refractivity contribution is 7.10. The van der Waals surface area contributed by atoms with E-state index in [-0.39, 0.29) is 17.9 Å². The van der Waals surface area contributed by atoms with E-state index in [1.54, 1.807) is 43.6 Å². The molecule has 3 aromatic rings. The third kappa shape index (κ3) is 4.30. The van der Waals surface area contributed by atoms with Crippen LogP contribution >= 0.6 is 11.3 Å². The maximum atomic E-state index is 12.9. The molecule has 1 aliphatic heterocycles. The van der Waals surface area contributed by atoms with Gasteiger partial charge in [-0.05, 0) is 47.2 Å². The molecule has 0 spiro atoms. The number of fused-ring (bicyclic) bond motifs is 1. The van der Waals surface area contributed by atoms with Crippen LogP contribution in [-0.4, -0.2) is 48.8 Å². The van der Waals surface area contributed by atoms with Crippen LogP contribution in [0.1, 0.15) is 32.4 Å². The van der Waals surface area contributed by atoms with Crippen molar-refractivity contribution in [2.45, 2.75) is 12.5 Å². The van der Waals surface area contributed by atoms with Crippen molar-refractivity contribution in [2.75, 3.05) is 32.5 Å². The van der Waals surface area contributed by atoms with Crippen LogP contribution in [0.5, 0.6) is 0 Å². The van der Waals surface area contributed by atoms with E-state index in [0.717, 1.165) is 13.0 Å². The lowest BCUT2D eigenvalue weighted by Gasteiger charge is -2.35. The molecule has 2 aromatic carbocycles. The molecular weight excluding hydrogens is 394 g/mol. The lowest BCUT2D eigenvalue weighted by atomic mass is 9.93. The number of rotatable bonds is 5. The van der Waals surface area contributed by atoms with Crippen LogP contribution in [0.15, 0.2) is 66.0 Å². The van der Waals surface area contributed by atoms with Gasteiger partial charge in [-0.1, -0.05) is 36.4 Å². The minimum atomic E-state index is -0.0868. The molecule has 4 rings (SSSR count). The predicted molar refractivity (Wildman–Crippen MR) is 121 cm³/mol. The molecule has 1 aliphatic rings. The lowest BCUT2D eigenvalue weighted by Crippen LogP contribution is -2.40. The number of nitrogens with one attached hydrogen (secondary N) is 1. The van der Waals surface area contributed by atoms with E-state index in [2.05, 4.69) is 33.8 Å². The van der Waals surface area contributed by atoms with Gasteiger partial charge in [0.05, 0.1) is 12.6 Å². The summed E-state index contributed by atoms with van der Waals surface area (Å²) in [6, 6.07) is 19.7. The van der Waals surface area contributed by atoms with Crippen LogP contribution in [-0.2, 0) is 11.2 Å². The van der Waals surface area contributed by atoms with E-state index in [1.165, 1.54) is 20.9 Å². The number of hydrogen-bond donors (Lipinski definition) is 1. The van der Waals surface area contributed by atoms with Gasteiger partial charge in [-0.25, -0.2) is 0 Å². The number of thiophene rings is 1. The van der Waals surface area contributed by atoms with Gasteiger partial charge in [0, 0.05) is 36.8 Å². The highest BCUT2D eigenvalue weighted by Gasteiger charge is 2.30. The number of nitrogens with zero attached hydrogens (tertiary/aromatic N) is 2. The molecule has 0 aliphatic carbocycles. The van der Waals surface area contributed by atoms with Gasteiger partial charge in [0.2, 0.25) is 5.91 Å². The Morgan fingerprint density at radius 3 is 2.67 bits per heavy atom. The minimum absolute atomic E-state index is 0.0774.